The van der Waals surface area contributed by atoms with Crippen molar-refractivity contribution >= 4 is 12.0 Å². The molecular formula is C16H14F5N3O2. The quantitative estimate of drug-likeness (QED) is 0.438. The molecule has 0 aliphatic carbocycles. The van der Waals surface area contributed by atoms with Crippen LogP contribution in [0, 0.1) is 0 Å². The topological polar surface area (TPSA) is 55.7 Å². The lowest BCUT2D eigenvalue weighted by Crippen LogP contribution is -2.07. The van der Waals surface area contributed by atoms with Crippen molar-refractivity contribution in [2.75, 3.05) is 12.0 Å². The first-order valence-electron chi connectivity index (χ1n) is 7.34. The lowest BCUT2D eigenvalue weighted by Gasteiger charge is -2.13. The first kappa shape index (κ1) is 19.4. The highest BCUT2D eigenvalue weighted by atomic mass is 19.4. The molecule has 0 atom stereocenters. The number of hydrogen-bond donors (Lipinski definition) is 1. The third kappa shape index (κ3) is 5.30. The lowest BCUT2D eigenvalue weighted by atomic mass is 10.2. The van der Waals surface area contributed by atoms with Gasteiger partial charge in [-0.1, -0.05) is 6.07 Å². The summed E-state index contributed by atoms with van der Waals surface area (Å²) in [4.78, 5) is 3.57. The minimum absolute atomic E-state index is 0.0477. The van der Waals surface area contributed by atoms with Crippen LogP contribution in [-0.2, 0) is 6.18 Å². The van der Waals surface area contributed by atoms with Crippen LogP contribution in [0.4, 0.5) is 27.8 Å². The monoisotopic (exact) mass is 375 g/mol. The number of rotatable bonds is 7. The number of hydrazone groups is 1. The van der Waals surface area contributed by atoms with Gasteiger partial charge < -0.3 is 9.47 Å². The Morgan fingerprint density at radius 2 is 2.00 bits per heavy atom. The highest BCUT2D eigenvalue weighted by Gasteiger charge is 2.30. The van der Waals surface area contributed by atoms with E-state index >= 15 is 0 Å². The van der Waals surface area contributed by atoms with Crippen LogP contribution >= 0.6 is 0 Å². The molecule has 0 aliphatic heterocycles. The number of anilines is 1. The number of ether oxygens (including phenoxy) is 2. The van der Waals surface area contributed by atoms with Crippen LogP contribution < -0.4 is 14.9 Å². The zero-order valence-electron chi connectivity index (χ0n) is 13.4. The molecule has 2 aromatic rings. The van der Waals surface area contributed by atoms with E-state index in [-0.39, 0.29) is 29.5 Å². The van der Waals surface area contributed by atoms with Gasteiger partial charge in [-0.05, 0) is 31.2 Å². The van der Waals surface area contributed by atoms with E-state index in [0.717, 1.165) is 12.1 Å². The van der Waals surface area contributed by atoms with E-state index in [4.69, 9.17) is 4.74 Å². The molecule has 0 bridgehead atoms. The second-order valence-corrected chi connectivity index (χ2v) is 4.79. The summed E-state index contributed by atoms with van der Waals surface area (Å²) in [7, 11) is 0. The van der Waals surface area contributed by atoms with Gasteiger partial charge in [0.1, 0.15) is 5.82 Å². The molecule has 140 valence electrons. The predicted molar refractivity (Wildman–Crippen MR) is 84.7 cm³/mol. The van der Waals surface area contributed by atoms with Gasteiger partial charge in [0.05, 0.1) is 18.4 Å². The van der Waals surface area contributed by atoms with Crippen LogP contribution in [0.25, 0.3) is 0 Å². The molecule has 0 saturated carbocycles. The molecule has 0 unspecified atom stereocenters. The van der Waals surface area contributed by atoms with E-state index < -0.39 is 18.4 Å². The molecule has 0 aliphatic rings. The first-order chi connectivity index (χ1) is 12.3. The molecule has 1 N–H and O–H groups in total. The molecule has 10 heteroatoms. The molecule has 26 heavy (non-hydrogen) atoms. The number of aromatic nitrogens is 1. The third-order valence-corrected chi connectivity index (χ3v) is 2.99. The minimum atomic E-state index is -4.49. The summed E-state index contributed by atoms with van der Waals surface area (Å²) in [6, 6.07) is 6.41. The summed E-state index contributed by atoms with van der Waals surface area (Å²) < 4.78 is 72.3. The predicted octanol–water partition coefficient (Wildman–Crippen LogP) is 4.55. The molecule has 1 aromatic carbocycles. The molecule has 1 aromatic heterocycles. The molecule has 2 rings (SSSR count). The van der Waals surface area contributed by atoms with Gasteiger partial charge in [-0.15, -0.1) is 0 Å². The number of nitrogens with one attached hydrogen (secondary N) is 1. The zero-order valence-corrected chi connectivity index (χ0v) is 13.4. The number of benzene rings is 1. The van der Waals surface area contributed by atoms with Crippen molar-refractivity contribution in [2.24, 2.45) is 5.10 Å². The Balaban J connectivity index is 2.15. The Morgan fingerprint density at radius 3 is 2.58 bits per heavy atom. The van der Waals surface area contributed by atoms with Crippen LogP contribution in [-0.4, -0.2) is 24.4 Å². The number of para-hydroxylation sites is 1. The zero-order chi connectivity index (χ0) is 19.2. The van der Waals surface area contributed by atoms with Crippen LogP contribution in [0.3, 0.4) is 0 Å². The van der Waals surface area contributed by atoms with Crippen LogP contribution in [0.2, 0.25) is 0 Å². The molecule has 0 radical (unpaired) electrons. The highest BCUT2D eigenvalue weighted by molar-refractivity contribution is 5.85. The summed E-state index contributed by atoms with van der Waals surface area (Å²) in [6.45, 7) is -1.13. The Morgan fingerprint density at radius 1 is 1.23 bits per heavy atom. The fraction of sp³-hybridized carbons (Fsp3) is 0.250. The molecular weight excluding hydrogens is 361 g/mol. The SMILES string of the molecule is CCOc1cccc(/C=N\Nc2ccc(C(F)(F)F)cn2)c1OC(F)F. The number of hydrogen-bond acceptors (Lipinski definition) is 5. The van der Waals surface area contributed by atoms with E-state index in [1.54, 1.807) is 13.0 Å². The average molecular weight is 375 g/mol. The van der Waals surface area contributed by atoms with Crippen molar-refractivity contribution in [3.63, 3.8) is 0 Å². The summed E-state index contributed by atoms with van der Waals surface area (Å²) in [6.07, 6.45) is -2.67. The van der Waals surface area contributed by atoms with Crippen molar-refractivity contribution in [3.8, 4) is 11.5 Å². The van der Waals surface area contributed by atoms with Crippen molar-refractivity contribution < 1.29 is 31.4 Å². The van der Waals surface area contributed by atoms with Crippen molar-refractivity contribution in [3.05, 3.63) is 47.7 Å². The van der Waals surface area contributed by atoms with Gasteiger partial charge >= 0.3 is 12.8 Å². The van der Waals surface area contributed by atoms with Gasteiger partial charge in [0.25, 0.3) is 0 Å². The summed E-state index contributed by atoms with van der Waals surface area (Å²) in [5, 5.41) is 3.77. The minimum Gasteiger partial charge on any atom is -0.490 e. The molecule has 5 nitrogen and oxygen atoms in total. The number of pyridine rings is 1. The van der Waals surface area contributed by atoms with Gasteiger partial charge in [-0.3, -0.25) is 5.43 Å². The maximum Gasteiger partial charge on any atom is 0.417 e. The van der Waals surface area contributed by atoms with Crippen LogP contribution in [0.15, 0.2) is 41.6 Å². The molecule has 0 saturated heterocycles. The standard InChI is InChI=1S/C16H14F5N3O2/c1-2-25-12-5-3-4-10(14(12)26-15(17)18)8-23-24-13-7-6-11(9-22-13)16(19,20)21/h3-9,15H,2H2,1H3,(H,22,24)/b23-8-. The maximum absolute atomic E-state index is 12.6. The molecule has 0 amide bonds. The summed E-state index contributed by atoms with van der Waals surface area (Å²) in [5.74, 6) is -0.0359. The Labute approximate surface area is 145 Å². The number of halogens is 5. The van der Waals surface area contributed by atoms with E-state index in [9.17, 15) is 22.0 Å². The van der Waals surface area contributed by atoms with Crippen molar-refractivity contribution in [2.45, 2.75) is 19.7 Å². The summed E-state index contributed by atoms with van der Waals surface area (Å²) in [5.41, 5.74) is 1.70. The first-order valence-corrected chi connectivity index (χ1v) is 7.34. The lowest BCUT2D eigenvalue weighted by molar-refractivity contribution is -0.137. The fourth-order valence-electron chi connectivity index (χ4n) is 1.91. The highest BCUT2D eigenvalue weighted by Crippen LogP contribution is 2.32. The second kappa shape index (κ2) is 8.45. The Bertz CT molecular complexity index is 749. The van der Waals surface area contributed by atoms with Crippen LogP contribution in [0.5, 0.6) is 11.5 Å². The van der Waals surface area contributed by atoms with E-state index in [2.05, 4.69) is 20.2 Å². The van der Waals surface area contributed by atoms with E-state index in [1.807, 2.05) is 0 Å². The van der Waals surface area contributed by atoms with Gasteiger partial charge in [0.2, 0.25) is 0 Å². The smallest absolute Gasteiger partial charge is 0.417 e. The van der Waals surface area contributed by atoms with E-state index in [0.29, 0.717) is 6.20 Å². The van der Waals surface area contributed by atoms with Crippen molar-refractivity contribution in [1.29, 1.82) is 0 Å². The summed E-state index contributed by atoms with van der Waals surface area (Å²) >= 11 is 0. The van der Waals surface area contributed by atoms with Gasteiger partial charge in [0, 0.05) is 11.8 Å². The molecule has 1 heterocycles. The Kier molecular flexibility index (Phi) is 6.31. The fourth-order valence-corrected chi connectivity index (χ4v) is 1.91. The average Bonchev–Trinajstić information content (AvgIpc) is 2.57. The Hall–Kier alpha value is -2.91. The van der Waals surface area contributed by atoms with Crippen molar-refractivity contribution in [1.82, 2.24) is 4.98 Å². The third-order valence-electron chi connectivity index (χ3n) is 2.99. The van der Waals surface area contributed by atoms with Gasteiger partial charge in [0.15, 0.2) is 11.5 Å². The van der Waals surface area contributed by atoms with Crippen LogP contribution in [0.1, 0.15) is 18.1 Å². The largest absolute Gasteiger partial charge is 0.490 e. The van der Waals surface area contributed by atoms with Gasteiger partial charge in [-0.2, -0.15) is 27.1 Å². The van der Waals surface area contributed by atoms with E-state index in [1.165, 1.54) is 18.3 Å². The van der Waals surface area contributed by atoms with Gasteiger partial charge in [-0.25, -0.2) is 4.98 Å². The normalized spacial score (nSPS) is 11.8. The number of nitrogens with zero attached hydrogens (tertiary/aromatic N) is 2. The molecule has 0 fully saturated rings. The molecule has 0 spiro atoms. The maximum atomic E-state index is 12.6. The second-order valence-electron chi connectivity index (χ2n) is 4.79. The number of alkyl halides is 5.